The average Bonchev–Trinajstić information content (AvgIpc) is 2.55. The number of nitrogens with zero attached hydrogens (tertiary/aromatic N) is 1. The van der Waals surface area contributed by atoms with Crippen molar-refractivity contribution in [3.8, 4) is 5.75 Å². The molecule has 2 rings (SSSR count). The molecule has 2 aromatic rings. The lowest BCUT2D eigenvalue weighted by molar-refractivity contribution is -0.384. The second kappa shape index (κ2) is 5.43. The predicted molar refractivity (Wildman–Crippen MR) is 73.3 cm³/mol. The van der Waals surface area contributed by atoms with Crippen LogP contribution in [-0.4, -0.2) is 4.92 Å². The van der Waals surface area contributed by atoms with Gasteiger partial charge < -0.3 is 4.52 Å². The smallest absolute Gasteiger partial charge is 0.366 e. The van der Waals surface area contributed by atoms with Gasteiger partial charge in [0.15, 0.2) is 0 Å². The number of nitro benzene ring substituents is 1. The summed E-state index contributed by atoms with van der Waals surface area (Å²) >= 11 is 5.84. The zero-order valence-electron chi connectivity index (χ0n) is 14.2. The Labute approximate surface area is 121 Å². The van der Waals surface area contributed by atoms with E-state index < -0.39 is 47.6 Å². The van der Waals surface area contributed by atoms with Crippen molar-refractivity contribution in [1.82, 2.24) is 0 Å². The van der Waals surface area contributed by atoms with Gasteiger partial charge in [0.1, 0.15) is 5.75 Å². The van der Waals surface area contributed by atoms with E-state index in [9.17, 15) is 14.7 Å². The standard InChI is InChI=1S/C12H9ClNO4P/c13-19(17,18-11-4-2-1-3-5-11)12-8-6-10(7-9-12)14(15)16/h1-9H/i1D,2D,3D,4D,5D. The lowest BCUT2D eigenvalue weighted by Gasteiger charge is -2.12. The molecule has 0 aliphatic carbocycles. The van der Waals surface area contributed by atoms with Crippen molar-refractivity contribution in [2.75, 3.05) is 0 Å². The summed E-state index contributed by atoms with van der Waals surface area (Å²) < 4.78 is 55.5. The first-order valence-electron chi connectivity index (χ1n) is 7.37. The van der Waals surface area contributed by atoms with E-state index in [0.717, 1.165) is 24.3 Å². The first kappa shape index (κ1) is 8.35. The van der Waals surface area contributed by atoms with Crippen LogP contribution in [0.15, 0.2) is 54.5 Å². The number of halogens is 1. The van der Waals surface area contributed by atoms with Gasteiger partial charge in [-0.25, -0.2) is 0 Å². The molecule has 0 amide bonds. The molecule has 0 N–H and O–H groups in total. The predicted octanol–water partition coefficient (Wildman–Crippen LogP) is 3.73. The van der Waals surface area contributed by atoms with Crippen LogP contribution in [0.5, 0.6) is 5.75 Å². The number of nitro groups is 1. The number of hydrogen-bond donors (Lipinski definition) is 0. The van der Waals surface area contributed by atoms with Gasteiger partial charge in [0, 0.05) is 12.1 Å². The van der Waals surface area contributed by atoms with Crippen LogP contribution in [0.3, 0.4) is 0 Å². The lowest BCUT2D eigenvalue weighted by atomic mass is 10.3. The maximum absolute atomic E-state index is 12.5. The minimum absolute atomic E-state index is 0.110. The van der Waals surface area contributed by atoms with Crippen molar-refractivity contribution < 1.29 is 20.9 Å². The number of rotatable bonds is 4. The van der Waals surface area contributed by atoms with Crippen LogP contribution >= 0.6 is 18.0 Å². The molecule has 0 radical (unpaired) electrons. The maximum Gasteiger partial charge on any atom is 0.366 e. The SMILES string of the molecule is [2H]c1c([2H])c([2H])c(OP(=O)(Cl)c2ccc([N+](=O)[O-])cc2)c([2H])c1[2H]. The normalized spacial score (nSPS) is 17.2. The van der Waals surface area contributed by atoms with Gasteiger partial charge in [0.2, 0.25) is 0 Å². The van der Waals surface area contributed by atoms with E-state index >= 15 is 0 Å². The van der Waals surface area contributed by atoms with Gasteiger partial charge in [0.25, 0.3) is 5.69 Å². The van der Waals surface area contributed by atoms with Crippen molar-refractivity contribution in [2.45, 2.75) is 0 Å². The van der Waals surface area contributed by atoms with Gasteiger partial charge in [-0.05, 0) is 35.5 Å². The average molecular weight is 303 g/mol. The van der Waals surface area contributed by atoms with Crippen LogP contribution in [0.2, 0.25) is 0 Å². The Bertz CT molecular complexity index is 848. The van der Waals surface area contributed by atoms with Gasteiger partial charge in [-0.1, -0.05) is 18.1 Å². The van der Waals surface area contributed by atoms with Crippen LogP contribution in [0.4, 0.5) is 5.69 Å². The van der Waals surface area contributed by atoms with Gasteiger partial charge in [-0.2, -0.15) is 0 Å². The highest BCUT2D eigenvalue weighted by atomic mass is 35.7. The van der Waals surface area contributed by atoms with Crippen molar-refractivity contribution in [3.05, 3.63) is 64.6 Å². The summed E-state index contributed by atoms with van der Waals surface area (Å²) in [6.45, 7) is -4.14. The Morgan fingerprint density at radius 1 is 1.21 bits per heavy atom. The Morgan fingerprint density at radius 2 is 1.79 bits per heavy atom. The molecule has 0 bridgehead atoms. The van der Waals surface area contributed by atoms with Crippen LogP contribution in [0, 0.1) is 10.1 Å². The monoisotopic (exact) mass is 302 g/mol. The van der Waals surface area contributed by atoms with Crippen LogP contribution in [-0.2, 0) is 4.57 Å². The van der Waals surface area contributed by atoms with E-state index in [0.29, 0.717) is 0 Å². The van der Waals surface area contributed by atoms with Crippen LogP contribution in [0.25, 0.3) is 0 Å². The van der Waals surface area contributed by atoms with Gasteiger partial charge in [-0.15, -0.1) is 0 Å². The molecular formula is C12H9ClNO4P. The minimum Gasteiger partial charge on any atom is -0.430 e. The van der Waals surface area contributed by atoms with Crippen LogP contribution in [0.1, 0.15) is 6.85 Å². The summed E-state index contributed by atoms with van der Waals surface area (Å²) in [4.78, 5) is 9.96. The zero-order chi connectivity index (χ0) is 18.2. The van der Waals surface area contributed by atoms with Crippen molar-refractivity contribution in [3.63, 3.8) is 0 Å². The molecule has 7 heteroatoms. The fourth-order valence-electron chi connectivity index (χ4n) is 1.21. The third kappa shape index (κ3) is 3.34. The largest absolute Gasteiger partial charge is 0.430 e. The highest BCUT2D eigenvalue weighted by Gasteiger charge is 2.25. The minimum atomic E-state index is -4.14. The lowest BCUT2D eigenvalue weighted by Crippen LogP contribution is -2.05. The Hall–Kier alpha value is -1.84. The van der Waals surface area contributed by atoms with E-state index in [2.05, 4.69) is 0 Å². The highest BCUT2D eigenvalue weighted by molar-refractivity contribution is 7.91. The summed E-state index contributed by atoms with van der Waals surface area (Å²) in [5.41, 5.74) is -0.252. The molecule has 2 aromatic carbocycles. The topological polar surface area (TPSA) is 69.4 Å². The molecule has 0 saturated carbocycles. The van der Waals surface area contributed by atoms with Crippen molar-refractivity contribution in [1.29, 1.82) is 0 Å². The number of non-ortho nitro benzene ring substituents is 1. The molecule has 98 valence electrons. The second-order valence-electron chi connectivity index (χ2n) is 3.30. The molecule has 0 fully saturated rings. The van der Waals surface area contributed by atoms with Gasteiger partial charge >= 0.3 is 6.72 Å². The van der Waals surface area contributed by atoms with E-state index in [1.807, 2.05) is 0 Å². The number of benzene rings is 2. The number of para-hydroxylation sites is 1. The van der Waals surface area contributed by atoms with Gasteiger partial charge in [0.05, 0.1) is 17.1 Å². The van der Waals surface area contributed by atoms with Crippen molar-refractivity contribution in [2.24, 2.45) is 0 Å². The summed E-state index contributed by atoms with van der Waals surface area (Å²) in [5.74, 6) is -0.655. The fraction of sp³-hybridized carbons (Fsp3) is 0. The molecular weight excluding hydrogens is 289 g/mol. The zero-order valence-corrected chi connectivity index (χ0v) is 10.9. The van der Waals surface area contributed by atoms with E-state index in [4.69, 9.17) is 22.6 Å². The molecule has 0 heterocycles. The first-order chi connectivity index (χ1) is 11.1. The Morgan fingerprint density at radius 3 is 2.32 bits per heavy atom. The van der Waals surface area contributed by atoms with Crippen LogP contribution < -0.4 is 9.83 Å². The molecule has 0 aromatic heterocycles. The second-order valence-corrected chi connectivity index (χ2v) is 6.29. The Balaban J connectivity index is 2.46. The molecule has 5 nitrogen and oxygen atoms in total. The third-order valence-corrected chi connectivity index (χ3v) is 4.18. The number of hydrogen-bond acceptors (Lipinski definition) is 4. The summed E-state index contributed by atoms with van der Waals surface area (Å²) in [5, 5.41) is 10.5. The third-order valence-electron chi connectivity index (χ3n) is 2.05. The summed E-state index contributed by atoms with van der Waals surface area (Å²) in [6, 6.07) is 1.02. The molecule has 19 heavy (non-hydrogen) atoms. The molecule has 1 atom stereocenters. The van der Waals surface area contributed by atoms with E-state index in [1.165, 1.54) is 0 Å². The Kier molecular flexibility index (Phi) is 2.39. The van der Waals surface area contributed by atoms with E-state index in [1.54, 1.807) is 0 Å². The maximum atomic E-state index is 12.5. The summed E-state index contributed by atoms with van der Waals surface area (Å²) in [6.07, 6.45) is 0. The molecule has 0 aliphatic heterocycles. The molecule has 0 saturated heterocycles. The summed E-state index contributed by atoms with van der Waals surface area (Å²) in [7, 11) is 0. The first-order valence-corrected chi connectivity index (χ1v) is 7.40. The molecule has 0 spiro atoms. The van der Waals surface area contributed by atoms with Crippen molar-refractivity contribution >= 4 is 29.0 Å². The van der Waals surface area contributed by atoms with Gasteiger partial charge in [-0.3, -0.25) is 14.7 Å². The fourth-order valence-corrected chi connectivity index (χ4v) is 2.69. The molecule has 1 unspecified atom stereocenters. The van der Waals surface area contributed by atoms with E-state index in [-0.39, 0.29) is 11.0 Å². The highest BCUT2D eigenvalue weighted by Crippen LogP contribution is 2.51. The quantitative estimate of drug-likeness (QED) is 0.490. The molecule has 0 aliphatic rings.